The van der Waals surface area contributed by atoms with Gasteiger partial charge in [-0.25, -0.2) is 4.79 Å². The second-order valence-corrected chi connectivity index (χ2v) is 5.66. The number of nitrogens with zero attached hydrogens (tertiary/aromatic N) is 1. The van der Waals surface area contributed by atoms with Gasteiger partial charge in [-0.05, 0) is 43.7 Å². The first-order chi connectivity index (χ1) is 9.43. The highest BCUT2D eigenvalue weighted by molar-refractivity contribution is 5.84. The molecule has 4 nitrogen and oxygen atoms in total. The summed E-state index contributed by atoms with van der Waals surface area (Å²) in [4.78, 5) is 25.1. The van der Waals surface area contributed by atoms with E-state index in [0.29, 0.717) is 5.92 Å². The molecule has 108 valence electrons. The van der Waals surface area contributed by atoms with Crippen LogP contribution < -0.4 is 0 Å². The predicted molar refractivity (Wildman–Crippen MR) is 76.4 cm³/mol. The van der Waals surface area contributed by atoms with E-state index in [2.05, 4.69) is 0 Å². The summed E-state index contributed by atoms with van der Waals surface area (Å²) in [5, 5.41) is 9.63. The molecule has 0 saturated heterocycles. The lowest BCUT2D eigenvalue weighted by Gasteiger charge is -2.33. The molecule has 0 aromatic heterocycles. The fourth-order valence-corrected chi connectivity index (χ4v) is 2.77. The minimum absolute atomic E-state index is 0.152. The zero-order chi connectivity index (χ0) is 14.9. The van der Waals surface area contributed by atoms with Gasteiger partial charge in [-0.15, -0.1) is 0 Å². The monoisotopic (exact) mass is 275 g/mol. The van der Waals surface area contributed by atoms with E-state index >= 15 is 0 Å². The molecule has 0 spiro atoms. The number of amides is 1. The van der Waals surface area contributed by atoms with Gasteiger partial charge in [0.15, 0.2) is 6.04 Å². The van der Waals surface area contributed by atoms with E-state index in [1.54, 1.807) is 0 Å². The lowest BCUT2D eigenvalue weighted by molar-refractivity contribution is -0.151. The number of rotatable bonds is 5. The highest BCUT2D eigenvalue weighted by atomic mass is 16.4. The van der Waals surface area contributed by atoms with E-state index in [1.165, 1.54) is 11.8 Å². The fourth-order valence-electron chi connectivity index (χ4n) is 2.77. The Hall–Kier alpha value is -1.84. The molecule has 1 saturated carbocycles. The number of aliphatic carboxylic acids is 1. The smallest absolute Gasteiger partial charge is 0.331 e. The average molecular weight is 275 g/mol. The third-order valence-electron chi connectivity index (χ3n) is 3.74. The zero-order valence-electron chi connectivity index (χ0n) is 12.2. The quantitative estimate of drug-likeness (QED) is 0.898. The van der Waals surface area contributed by atoms with Crippen molar-refractivity contribution in [1.29, 1.82) is 0 Å². The van der Waals surface area contributed by atoms with Gasteiger partial charge >= 0.3 is 5.97 Å². The van der Waals surface area contributed by atoms with Crippen molar-refractivity contribution >= 4 is 11.9 Å². The number of carboxylic acids is 1. The molecular formula is C16H21NO3. The minimum atomic E-state index is -0.970. The number of carbonyl (C=O) groups excluding carboxylic acids is 1. The van der Waals surface area contributed by atoms with Gasteiger partial charge in [0.25, 0.3) is 0 Å². The number of carboxylic acid groups (broad SMARTS) is 1. The second kappa shape index (κ2) is 5.65. The number of hydrogen-bond donors (Lipinski definition) is 1. The lowest BCUT2D eigenvalue weighted by Crippen LogP contribution is -2.42. The maximum atomic E-state index is 11.9. The van der Waals surface area contributed by atoms with Gasteiger partial charge in [-0.2, -0.15) is 0 Å². The van der Waals surface area contributed by atoms with Crippen LogP contribution in [0.3, 0.4) is 0 Å². The average Bonchev–Trinajstić information content (AvgIpc) is 3.18. The van der Waals surface area contributed by atoms with E-state index in [9.17, 15) is 14.7 Å². The van der Waals surface area contributed by atoms with Crippen molar-refractivity contribution in [3.8, 4) is 0 Å². The summed E-state index contributed by atoms with van der Waals surface area (Å²) in [6.07, 6.45) is 2.20. The number of hydrogen-bond acceptors (Lipinski definition) is 2. The van der Waals surface area contributed by atoms with Crippen molar-refractivity contribution in [2.45, 2.75) is 51.6 Å². The summed E-state index contributed by atoms with van der Waals surface area (Å²) < 4.78 is 0. The van der Waals surface area contributed by atoms with Crippen LogP contribution in [0.15, 0.2) is 24.3 Å². The number of carbonyl (C=O) groups is 2. The van der Waals surface area contributed by atoms with Crippen LogP contribution in [0, 0.1) is 0 Å². The van der Waals surface area contributed by atoms with Crippen LogP contribution in [0.5, 0.6) is 0 Å². The number of benzene rings is 1. The molecule has 0 aliphatic heterocycles. The molecule has 4 heteroatoms. The molecule has 1 aromatic rings. The maximum absolute atomic E-state index is 11.9. The first kappa shape index (κ1) is 14.6. The molecule has 1 N–H and O–H groups in total. The molecule has 1 amide bonds. The van der Waals surface area contributed by atoms with Crippen LogP contribution in [-0.2, 0) is 9.59 Å². The summed E-state index contributed by atoms with van der Waals surface area (Å²) in [7, 11) is 0. The van der Waals surface area contributed by atoms with E-state index in [1.807, 2.05) is 38.1 Å². The molecule has 1 fully saturated rings. The van der Waals surface area contributed by atoms with Crippen molar-refractivity contribution < 1.29 is 14.7 Å². The van der Waals surface area contributed by atoms with Crippen molar-refractivity contribution in [1.82, 2.24) is 4.90 Å². The van der Waals surface area contributed by atoms with Crippen LogP contribution in [-0.4, -0.2) is 27.9 Å². The third-order valence-corrected chi connectivity index (χ3v) is 3.74. The molecule has 1 aromatic carbocycles. The molecular weight excluding hydrogens is 254 g/mol. The van der Waals surface area contributed by atoms with E-state index in [-0.39, 0.29) is 11.9 Å². The first-order valence-electron chi connectivity index (χ1n) is 7.04. The molecule has 1 aliphatic rings. The SMILES string of the molecule is CC(=O)N(C(C)C)C(C(=O)O)c1ccccc1C1CC1. The largest absolute Gasteiger partial charge is 0.479 e. The Kier molecular flexibility index (Phi) is 4.12. The van der Waals surface area contributed by atoms with Crippen LogP contribution in [0.1, 0.15) is 56.7 Å². The highest BCUT2D eigenvalue weighted by Gasteiger charge is 2.36. The Balaban J connectivity index is 2.48. The highest BCUT2D eigenvalue weighted by Crippen LogP contribution is 2.44. The predicted octanol–water partition coefficient (Wildman–Crippen LogP) is 2.95. The molecule has 1 atom stereocenters. The summed E-state index contributed by atoms with van der Waals surface area (Å²) in [6.45, 7) is 5.11. The lowest BCUT2D eigenvalue weighted by atomic mass is 9.95. The van der Waals surface area contributed by atoms with Crippen molar-refractivity contribution in [3.63, 3.8) is 0 Å². The van der Waals surface area contributed by atoms with Gasteiger partial charge in [0.1, 0.15) is 0 Å². The van der Waals surface area contributed by atoms with E-state index < -0.39 is 12.0 Å². The van der Waals surface area contributed by atoms with Crippen LogP contribution in [0.2, 0.25) is 0 Å². The van der Waals surface area contributed by atoms with Crippen molar-refractivity contribution in [2.24, 2.45) is 0 Å². The summed E-state index contributed by atoms with van der Waals surface area (Å²) >= 11 is 0. The van der Waals surface area contributed by atoms with Crippen LogP contribution in [0.25, 0.3) is 0 Å². The van der Waals surface area contributed by atoms with Crippen LogP contribution in [0.4, 0.5) is 0 Å². The molecule has 1 aliphatic carbocycles. The van der Waals surface area contributed by atoms with E-state index in [0.717, 1.165) is 24.0 Å². The Morgan fingerprint density at radius 1 is 1.25 bits per heavy atom. The topological polar surface area (TPSA) is 57.6 Å². The van der Waals surface area contributed by atoms with E-state index in [4.69, 9.17) is 0 Å². The zero-order valence-corrected chi connectivity index (χ0v) is 12.2. The Bertz CT molecular complexity index is 520. The Morgan fingerprint density at radius 3 is 2.30 bits per heavy atom. The normalized spacial score (nSPS) is 16.0. The Morgan fingerprint density at radius 2 is 1.85 bits per heavy atom. The molecule has 0 bridgehead atoms. The van der Waals surface area contributed by atoms with Gasteiger partial charge in [0.2, 0.25) is 5.91 Å². The van der Waals surface area contributed by atoms with Gasteiger partial charge in [-0.3, -0.25) is 4.79 Å². The minimum Gasteiger partial charge on any atom is -0.479 e. The van der Waals surface area contributed by atoms with Crippen molar-refractivity contribution in [2.75, 3.05) is 0 Å². The van der Waals surface area contributed by atoms with Gasteiger partial charge in [0.05, 0.1) is 0 Å². The molecule has 1 unspecified atom stereocenters. The third kappa shape index (κ3) is 2.84. The Labute approximate surface area is 119 Å². The molecule has 20 heavy (non-hydrogen) atoms. The molecule has 2 rings (SSSR count). The maximum Gasteiger partial charge on any atom is 0.331 e. The van der Waals surface area contributed by atoms with Gasteiger partial charge < -0.3 is 10.0 Å². The van der Waals surface area contributed by atoms with Gasteiger partial charge in [0, 0.05) is 13.0 Å². The summed E-state index contributed by atoms with van der Waals surface area (Å²) in [5.41, 5.74) is 1.83. The fraction of sp³-hybridized carbons (Fsp3) is 0.500. The van der Waals surface area contributed by atoms with Gasteiger partial charge in [-0.1, -0.05) is 24.3 Å². The van der Waals surface area contributed by atoms with Crippen molar-refractivity contribution in [3.05, 3.63) is 35.4 Å². The van der Waals surface area contributed by atoms with Crippen LogP contribution >= 0.6 is 0 Å². The summed E-state index contributed by atoms with van der Waals surface area (Å²) in [6, 6.07) is 6.55. The molecule has 0 radical (unpaired) electrons. The first-order valence-corrected chi connectivity index (χ1v) is 7.04. The molecule has 0 heterocycles. The standard InChI is InChI=1S/C16H21NO3/c1-10(2)17(11(3)18)15(16(19)20)14-7-5-4-6-13(14)12-8-9-12/h4-7,10,12,15H,8-9H2,1-3H3,(H,19,20). The second-order valence-electron chi connectivity index (χ2n) is 5.66. The summed E-state index contributed by atoms with van der Waals surface area (Å²) in [5.74, 6) is -0.728.